The Morgan fingerprint density at radius 3 is 1.88 bits per heavy atom. The molecule has 96 valence electrons. The predicted molar refractivity (Wildman–Crippen MR) is 69.5 cm³/mol. The standard InChI is InChI=1S/C14H29NO/c1-13(2)8-6-7-9-14(3,4)12(13)15(5)10-11-16/h12,16H,6-11H2,1-5H3. The van der Waals surface area contributed by atoms with Crippen LogP contribution >= 0.6 is 0 Å². The van der Waals surface area contributed by atoms with Crippen molar-refractivity contribution in [2.24, 2.45) is 10.8 Å². The molecule has 2 nitrogen and oxygen atoms in total. The molecule has 0 unspecified atom stereocenters. The maximum Gasteiger partial charge on any atom is 0.0558 e. The van der Waals surface area contributed by atoms with E-state index in [1.165, 1.54) is 25.7 Å². The van der Waals surface area contributed by atoms with Crippen molar-refractivity contribution >= 4 is 0 Å². The van der Waals surface area contributed by atoms with Crippen molar-refractivity contribution in [2.45, 2.75) is 59.4 Å². The quantitative estimate of drug-likeness (QED) is 0.749. The highest BCUT2D eigenvalue weighted by molar-refractivity contribution is 4.97. The summed E-state index contributed by atoms with van der Waals surface area (Å²) in [5, 5.41) is 9.14. The Hall–Kier alpha value is -0.0800. The van der Waals surface area contributed by atoms with E-state index >= 15 is 0 Å². The summed E-state index contributed by atoms with van der Waals surface area (Å²) in [4.78, 5) is 2.37. The SMILES string of the molecule is CN(CCO)C1C(C)(C)CCCCC1(C)C. The molecule has 0 heterocycles. The zero-order valence-electron chi connectivity index (χ0n) is 11.7. The highest BCUT2D eigenvalue weighted by Gasteiger charge is 2.43. The van der Waals surface area contributed by atoms with Crippen molar-refractivity contribution < 1.29 is 5.11 Å². The Morgan fingerprint density at radius 2 is 1.50 bits per heavy atom. The van der Waals surface area contributed by atoms with Gasteiger partial charge >= 0.3 is 0 Å². The second kappa shape index (κ2) is 5.05. The summed E-state index contributed by atoms with van der Waals surface area (Å²) < 4.78 is 0. The Kier molecular flexibility index (Phi) is 4.42. The smallest absolute Gasteiger partial charge is 0.0558 e. The van der Waals surface area contributed by atoms with Gasteiger partial charge in [0.2, 0.25) is 0 Å². The molecule has 0 aromatic rings. The maximum atomic E-state index is 9.14. The Morgan fingerprint density at radius 1 is 1.06 bits per heavy atom. The molecule has 2 heteroatoms. The highest BCUT2D eigenvalue weighted by atomic mass is 16.3. The molecular formula is C14H29NO. The first-order chi connectivity index (χ1) is 7.31. The van der Waals surface area contributed by atoms with Gasteiger partial charge in [-0.1, -0.05) is 40.5 Å². The van der Waals surface area contributed by atoms with Gasteiger partial charge in [0.25, 0.3) is 0 Å². The summed E-state index contributed by atoms with van der Waals surface area (Å²) in [5.74, 6) is 0. The van der Waals surface area contributed by atoms with Crippen LogP contribution in [0.2, 0.25) is 0 Å². The molecule has 0 atom stereocenters. The van der Waals surface area contributed by atoms with Crippen molar-refractivity contribution in [3.8, 4) is 0 Å². The number of nitrogens with zero attached hydrogens (tertiary/aromatic N) is 1. The summed E-state index contributed by atoms with van der Waals surface area (Å²) in [7, 11) is 2.16. The normalized spacial score (nSPS) is 25.7. The van der Waals surface area contributed by atoms with Crippen molar-refractivity contribution in [3.63, 3.8) is 0 Å². The number of likely N-dealkylation sites (N-methyl/N-ethyl adjacent to an activating group) is 1. The molecule has 1 N–H and O–H groups in total. The molecule has 0 bridgehead atoms. The van der Waals surface area contributed by atoms with Gasteiger partial charge in [-0.2, -0.15) is 0 Å². The van der Waals surface area contributed by atoms with Gasteiger partial charge in [-0.3, -0.25) is 0 Å². The first-order valence-corrected chi connectivity index (χ1v) is 6.62. The van der Waals surface area contributed by atoms with Gasteiger partial charge in [-0.25, -0.2) is 0 Å². The van der Waals surface area contributed by atoms with Gasteiger partial charge in [-0.05, 0) is 30.7 Å². The van der Waals surface area contributed by atoms with E-state index in [1.54, 1.807) is 0 Å². The minimum Gasteiger partial charge on any atom is -0.395 e. The number of aliphatic hydroxyl groups excluding tert-OH is 1. The molecule has 0 aliphatic heterocycles. The number of aliphatic hydroxyl groups is 1. The largest absolute Gasteiger partial charge is 0.395 e. The second-order valence-corrected chi connectivity index (χ2v) is 6.79. The van der Waals surface area contributed by atoms with Crippen LogP contribution in [0, 0.1) is 10.8 Å². The fraction of sp³-hybridized carbons (Fsp3) is 1.00. The Bertz CT molecular complexity index is 205. The van der Waals surface area contributed by atoms with Gasteiger partial charge in [0.05, 0.1) is 6.61 Å². The van der Waals surface area contributed by atoms with Crippen LogP contribution in [0.4, 0.5) is 0 Å². The summed E-state index contributed by atoms with van der Waals surface area (Å²) in [6.45, 7) is 10.6. The average molecular weight is 227 g/mol. The average Bonchev–Trinajstić information content (AvgIpc) is 2.21. The zero-order chi connectivity index (χ0) is 12.4. The third-order valence-electron chi connectivity index (χ3n) is 4.27. The highest BCUT2D eigenvalue weighted by Crippen LogP contribution is 2.46. The molecule has 0 aromatic heterocycles. The summed E-state index contributed by atoms with van der Waals surface area (Å²) in [6, 6.07) is 0.564. The number of hydrogen-bond acceptors (Lipinski definition) is 2. The minimum absolute atomic E-state index is 0.263. The Labute approximate surface area is 101 Å². The number of rotatable bonds is 3. The lowest BCUT2D eigenvalue weighted by atomic mass is 9.68. The summed E-state index contributed by atoms with van der Waals surface area (Å²) in [6.07, 6.45) is 5.30. The summed E-state index contributed by atoms with van der Waals surface area (Å²) >= 11 is 0. The van der Waals surface area contributed by atoms with E-state index in [0.29, 0.717) is 16.9 Å². The lowest BCUT2D eigenvalue weighted by Crippen LogP contribution is -2.52. The lowest BCUT2D eigenvalue weighted by molar-refractivity contribution is 0.0100. The minimum atomic E-state index is 0.263. The first-order valence-electron chi connectivity index (χ1n) is 6.62. The van der Waals surface area contributed by atoms with Crippen LogP contribution in [0.15, 0.2) is 0 Å². The molecule has 0 radical (unpaired) electrons. The van der Waals surface area contributed by atoms with E-state index < -0.39 is 0 Å². The zero-order valence-corrected chi connectivity index (χ0v) is 11.7. The van der Waals surface area contributed by atoms with E-state index in [-0.39, 0.29) is 6.61 Å². The Balaban J connectivity index is 2.93. The van der Waals surface area contributed by atoms with E-state index in [2.05, 4.69) is 39.6 Å². The molecular weight excluding hydrogens is 198 g/mol. The van der Waals surface area contributed by atoms with Crippen LogP contribution in [0.5, 0.6) is 0 Å². The predicted octanol–water partition coefficient (Wildman–Crippen LogP) is 2.91. The van der Waals surface area contributed by atoms with E-state index in [9.17, 15) is 0 Å². The van der Waals surface area contributed by atoms with Gasteiger partial charge < -0.3 is 10.0 Å². The van der Waals surface area contributed by atoms with Crippen LogP contribution in [0.25, 0.3) is 0 Å². The topological polar surface area (TPSA) is 23.5 Å². The lowest BCUT2D eigenvalue weighted by Gasteiger charge is -2.48. The molecule has 0 spiro atoms. The van der Waals surface area contributed by atoms with E-state index in [1.807, 2.05) is 0 Å². The monoisotopic (exact) mass is 227 g/mol. The molecule has 0 saturated heterocycles. The van der Waals surface area contributed by atoms with Crippen LogP contribution in [0.1, 0.15) is 53.4 Å². The third-order valence-corrected chi connectivity index (χ3v) is 4.27. The molecule has 0 aromatic carbocycles. The molecule has 16 heavy (non-hydrogen) atoms. The van der Waals surface area contributed by atoms with Crippen LogP contribution in [-0.4, -0.2) is 36.2 Å². The first kappa shape index (κ1) is 14.0. The molecule has 1 saturated carbocycles. The van der Waals surface area contributed by atoms with Crippen molar-refractivity contribution in [1.82, 2.24) is 4.90 Å². The number of hydrogen-bond donors (Lipinski definition) is 1. The van der Waals surface area contributed by atoms with Crippen LogP contribution in [0.3, 0.4) is 0 Å². The van der Waals surface area contributed by atoms with Gasteiger partial charge in [0.15, 0.2) is 0 Å². The van der Waals surface area contributed by atoms with Gasteiger partial charge in [0, 0.05) is 12.6 Å². The second-order valence-electron chi connectivity index (χ2n) is 6.79. The molecule has 1 fully saturated rings. The molecule has 0 amide bonds. The van der Waals surface area contributed by atoms with E-state index in [0.717, 1.165) is 6.54 Å². The molecule has 1 aliphatic carbocycles. The maximum absolute atomic E-state index is 9.14. The van der Waals surface area contributed by atoms with Crippen molar-refractivity contribution in [2.75, 3.05) is 20.2 Å². The fourth-order valence-corrected chi connectivity index (χ4v) is 3.97. The fourth-order valence-electron chi connectivity index (χ4n) is 3.97. The van der Waals surface area contributed by atoms with E-state index in [4.69, 9.17) is 5.11 Å². The molecule has 1 rings (SSSR count). The third kappa shape index (κ3) is 2.98. The molecule has 1 aliphatic rings. The summed E-state index contributed by atoms with van der Waals surface area (Å²) in [5.41, 5.74) is 0.702. The van der Waals surface area contributed by atoms with Crippen molar-refractivity contribution in [1.29, 1.82) is 0 Å². The van der Waals surface area contributed by atoms with Crippen molar-refractivity contribution in [3.05, 3.63) is 0 Å². The van der Waals surface area contributed by atoms with Gasteiger partial charge in [-0.15, -0.1) is 0 Å². The van der Waals surface area contributed by atoms with Gasteiger partial charge in [0.1, 0.15) is 0 Å². The van der Waals surface area contributed by atoms with Crippen LogP contribution in [-0.2, 0) is 0 Å². The van der Waals surface area contributed by atoms with Crippen LogP contribution < -0.4 is 0 Å².